The Bertz CT molecular complexity index is 910. The number of thioether (sulfide) groups is 1. The highest BCUT2D eigenvalue weighted by Gasteiger charge is 2.44. The molecule has 9 heteroatoms. The third-order valence-corrected chi connectivity index (χ3v) is 7.83. The van der Waals surface area contributed by atoms with Gasteiger partial charge in [-0.25, -0.2) is 8.42 Å². The Morgan fingerprint density at radius 2 is 2.08 bits per heavy atom. The molecule has 1 amide bonds. The smallest absolute Gasteiger partial charge is 0.245 e. The van der Waals surface area contributed by atoms with Gasteiger partial charge in [0.05, 0.1) is 17.0 Å². The number of hydrogen-bond acceptors (Lipinski definition) is 6. The average molecular weight is 393 g/mol. The minimum atomic E-state index is -3.85. The van der Waals surface area contributed by atoms with Crippen molar-refractivity contribution in [1.29, 1.82) is 0 Å². The van der Waals surface area contributed by atoms with Crippen molar-refractivity contribution in [2.45, 2.75) is 29.8 Å². The first-order valence-electron chi connectivity index (χ1n) is 8.36. The minimum absolute atomic E-state index is 0.127. The van der Waals surface area contributed by atoms with E-state index in [4.69, 9.17) is 4.52 Å². The third kappa shape index (κ3) is 3.04. The van der Waals surface area contributed by atoms with Crippen LogP contribution in [0.5, 0.6) is 0 Å². The van der Waals surface area contributed by atoms with E-state index in [9.17, 15) is 13.2 Å². The molecule has 138 valence electrons. The number of carbonyl (C=O) groups excluding carboxylic acids is 1. The van der Waals surface area contributed by atoms with E-state index < -0.39 is 16.1 Å². The SMILES string of the molecule is CN(C(=O)C1CSCN1S(=O)(=O)c1ccccc1-c1ccno1)C1CC1. The molecule has 1 unspecified atom stereocenters. The number of hydrogen-bond donors (Lipinski definition) is 0. The van der Waals surface area contributed by atoms with Crippen LogP contribution < -0.4 is 0 Å². The first-order chi connectivity index (χ1) is 12.5. The molecule has 1 aliphatic heterocycles. The van der Waals surface area contributed by atoms with Crippen LogP contribution in [0.1, 0.15) is 12.8 Å². The van der Waals surface area contributed by atoms with E-state index in [1.165, 1.54) is 22.3 Å². The molecule has 0 N–H and O–H groups in total. The van der Waals surface area contributed by atoms with Gasteiger partial charge in [-0.05, 0) is 25.0 Å². The van der Waals surface area contributed by atoms with Crippen molar-refractivity contribution >= 4 is 27.7 Å². The fourth-order valence-corrected chi connectivity index (χ4v) is 6.45. The lowest BCUT2D eigenvalue weighted by Crippen LogP contribution is -2.48. The molecule has 26 heavy (non-hydrogen) atoms. The fraction of sp³-hybridized carbons (Fsp3) is 0.412. The highest BCUT2D eigenvalue weighted by atomic mass is 32.2. The summed E-state index contributed by atoms with van der Waals surface area (Å²) in [7, 11) is -2.09. The molecule has 1 aliphatic carbocycles. The summed E-state index contributed by atoms with van der Waals surface area (Å²) >= 11 is 1.46. The van der Waals surface area contributed by atoms with Gasteiger partial charge in [0, 0.05) is 30.5 Å². The van der Waals surface area contributed by atoms with Crippen LogP contribution in [0.25, 0.3) is 11.3 Å². The molecule has 2 aliphatic rings. The standard InChI is InChI=1S/C17H19N3O4S2/c1-19(12-6-7-12)17(21)14-10-25-11-20(14)26(22,23)16-5-3-2-4-13(16)15-8-9-18-24-15/h2-5,8-9,12,14H,6-7,10-11H2,1H3. The maximum Gasteiger partial charge on any atom is 0.245 e. The van der Waals surface area contributed by atoms with Crippen molar-refractivity contribution in [2.75, 3.05) is 18.7 Å². The van der Waals surface area contributed by atoms with Crippen LogP contribution in [-0.2, 0) is 14.8 Å². The second-order valence-corrected chi connectivity index (χ2v) is 9.32. The van der Waals surface area contributed by atoms with Gasteiger partial charge in [-0.2, -0.15) is 4.31 Å². The molecule has 0 spiro atoms. The molecule has 1 aromatic carbocycles. The maximum atomic E-state index is 13.4. The third-order valence-electron chi connectivity index (χ3n) is 4.75. The van der Waals surface area contributed by atoms with E-state index in [0.29, 0.717) is 17.1 Å². The molecular formula is C17H19N3O4S2. The molecule has 7 nitrogen and oxygen atoms in total. The van der Waals surface area contributed by atoms with Crippen LogP contribution in [0.4, 0.5) is 0 Å². The van der Waals surface area contributed by atoms with Crippen LogP contribution in [0.15, 0.2) is 45.9 Å². The Morgan fingerprint density at radius 3 is 2.77 bits per heavy atom. The van der Waals surface area contributed by atoms with Gasteiger partial charge in [-0.3, -0.25) is 4.79 Å². The number of amides is 1. The van der Waals surface area contributed by atoms with E-state index in [2.05, 4.69) is 5.16 Å². The number of carbonyl (C=O) groups is 1. The van der Waals surface area contributed by atoms with Crippen LogP contribution in [-0.4, -0.2) is 59.4 Å². The molecule has 2 fully saturated rings. The molecule has 1 aromatic heterocycles. The summed E-state index contributed by atoms with van der Waals surface area (Å²) < 4.78 is 33.2. The normalized spacial score (nSPS) is 21.0. The Labute approximate surface area is 156 Å². The van der Waals surface area contributed by atoms with Gasteiger partial charge in [0.25, 0.3) is 0 Å². The average Bonchev–Trinajstić information content (AvgIpc) is 3.13. The summed E-state index contributed by atoms with van der Waals surface area (Å²) in [5.74, 6) is 0.994. The number of rotatable bonds is 5. The second kappa shape index (κ2) is 6.71. The molecular weight excluding hydrogens is 374 g/mol. The zero-order valence-electron chi connectivity index (χ0n) is 14.2. The highest BCUT2D eigenvalue weighted by Crippen LogP contribution is 2.35. The van der Waals surface area contributed by atoms with E-state index in [-0.39, 0.29) is 22.7 Å². The van der Waals surface area contributed by atoms with E-state index >= 15 is 0 Å². The van der Waals surface area contributed by atoms with Crippen LogP contribution in [0.3, 0.4) is 0 Å². The van der Waals surface area contributed by atoms with Gasteiger partial charge in [0.2, 0.25) is 15.9 Å². The van der Waals surface area contributed by atoms with Gasteiger partial charge in [0.15, 0.2) is 5.76 Å². The summed E-state index contributed by atoms with van der Waals surface area (Å²) in [6.07, 6.45) is 3.45. The highest BCUT2D eigenvalue weighted by molar-refractivity contribution is 8.00. The molecule has 2 heterocycles. The summed E-state index contributed by atoms with van der Waals surface area (Å²) in [5.41, 5.74) is 0.448. The van der Waals surface area contributed by atoms with Crippen LogP contribution >= 0.6 is 11.8 Å². The summed E-state index contributed by atoms with van der Waals surface area (Å²) in [6, 6.07) is 7.85. The maximum absolute atomic E-state index is 13.4. The fourth-order valence-electron chi connectivity index (χ4n) is 3.11. The summed E-state index contributed by atoms with van der Waals surface area (Å²) in [5, 5.41) is 3.66. The van der Waals surface area contributed by atoms with Crippen molar-refractivity contribution < 1.29 is 17.7 Å². The van der Waals surface area contributed by atoms with E-state index in [0.717, 1.165) is 12.8 Å². The Balaban J connectivity index is 1.69. The Morgan fingerprint density at radius 1 is 1.31 bits per heavy atom. The molecule has 0 radical (unpaired) electrons. The number of sulfonamides is 1. The summed E-state index contributed by atoms with van der Waals surface area (Å²) in [6.45, 7) is 0. The predicted molar refractivity (Wildman–Crippen MR) is 97.9 cm³/mol. The van der Waals surface area contributed by atoms with Gasteiger partial charge < -0.3 is 9.42 Å². The number of benzene rings is 1. The van der Waals surface area contributed by atoms with Crippen molar-refractivity contribution in [3.8, 4) is 11.3 Å². The van der Waals surface area contributed by atoms with Crippen molar-refractivity contribution in [3.05, 3.63) is 36.5 Å². The Kier molecular flexibility index (Phi) is 4.54. The minimum Gasteiger partial charge on any atom is -0.356 e. The van der Waals surface area contributed by atoms with Gasteiger partial charge in [-0.15, -0.1) is 11.8 Å². The quantitative estimate of drug-likeness (QED) is 0.773. The van der Waals surface area contributed by atoms with Crippen molar-refractivity contribution in [3.63, 3.8) is 0 Å². The van der Waals surface area contributed by atoms with E-state index in [1.807, 2.05) is 0 Å². The number of nitrogens with zero attached hydrogens (tertiary/aromatic N) is 3. The largest absolute Gasteiger partial charge is 0.356 e. The van der Waals surface area contributed by atoms with Crippen molar-refractivity contribution in [1.82, 2.24) is 14.4 Å². The lowest BCUT2D eigenvalue weighted by atomic mass is 10.2. The molecule has 4 rings (SSSR count). The number of aromatic nitrogens is 1. The Hall–Kier alpha value is -1.84. The van der Waals surface area contributed by atoms with Crippen LogP contribution in [0, 0.1) is 0 Å². The lowest BCUT2D eigenvalue weighted by molar-refractivity contribution is -0.133. The first kappa shape index (κ1) is 17.6. The first-order valence-corrected chi connectivity index (χ1v) is 11.0. The van der Waals surface area contributed by atoms with Crippen LogP contribution in [0.2, 0.25) is 0 Å². The topological polar surface area (TPSA) is 83.7 Å². The molecule has 1 atom stereocenters. The second-order valence-electron chi connectivity index (χ2n) is 6.46. The van der Waals surface area contributed by atoms with Crippen molar-refractivity contribution in [2.24, 2.45) is 0 Å². The van der Waals surface area contributed by atoms with Gasteiger partial charge in [-0.1, -0.05) is 17.3 Å². The molecule has 1 saturated heterocycles. The number of likely N-dealkylation sites (N-methyl/N-ethyl adjacent to an activating group) is 1. The van der Waals surface area contributed by atoms with Gasteiger partial charge in [0.1, 0.15) is 6.04 Å². The van der Waals surface area contributed by atoms with Gasteiger partial charge >= 0.3 is 0 Å². The zero-order chi connectivity index (χ0) is 18.3. The van der Waals surface area contributed by atoms with E-state index in [1.54, 1.807) is 42.3 Å². The predicted octanol–water partition coefficient (Wildman–Crippen LogP) is 2.03. The lowest BCUT2D eigenvalue weighted by Gasteiger charge is -2.27. The summed E-state index contributed by atoms with van der Waals surface area (Å²) in [4.78, 5) is 14.6. The molecule has 1 saturated carbocycles. The molecule has 2 aromatic rings. The molecule has 0 bridgehead atoms. The monoisotopic (exact) mass is 393 g/mol. The zero-order valence-corrected chi connectivity index (χ0v) is 15.9.